The lowest BCUT2D eigenvalue weighted by atomic mass is 9.96. The Kier molecular flexibility index (Phi) is 3.82. The number of H-pyrrole nitrogens is 1. The first-order chi connectivity index (χ1) is 12.2. The second-order valence-corrected chi connectivity index (χ2v) is 6.28. The van der Waals surface area contributed by atoms with Crippen LogP contribution in [0.15, 0.2) is 41.2 Å². The largest absolute Gasteiger partial charge is 0.392 e. The molecule has 0 saturated carbocycles. The van der Waals surface area contributed by atoms with Crippen molar-refractivity contribution in [1.29, 1.82) is 0 Å². The molecule has 1 aliphatic heterocycles. The van der Waals surface area contributed by atoms with E-state index in [4.69, 9.17) is 0 Å². The first-order valence-corrected chi connectivity index (χ1v) is 8.43. The Morgan fingerprint density at radius 2 is 2.12 bits per heavy atom. The molecule has 0 radical (unpaired) electrons. The summed E-state index contributed by atoms with van der Waals surface area (Å²) in [6.07, 6.45) is 2.55. The van der Waals surface area contributed by atoms with Gasteiger partial charge in [-0.3, -0.25) is 4.79 Å². The van der Waals surface area contributed by atoms with Crippen molar-refractivity contribution in [2.24, 2.45) is 0 Å². The van der Waals surface area contributed by atoms with Crippen molar-refractivity contribution in [3.63, 3.8) is 0 Å². The Hall–Kier alpha value is -2.63. The van der Waals surface area contributed by atoms with E-state index in [2.05, 4.69) is 11.1 Å². The number of aryl methyl sites for hydroxylation is 1. The van der Waals surface area contributed by atoms with Crippen LogP contribution in [0.1, 0.15) is 23.6 Å². The Morgan fingerprint density at radius 3 is 2.84 bits per heavy atom. The molecule has 3 heterocycles. The van der Waals surface area contributed by atoms with Gasteiger partial charge >= 0.3 is 0 Å². The second-order valence-electron chi connectivity index (χ2n) is 6.28. The molecule has 0 amide bonds. The van der Waals surface area contributed by atoms with Gasteiger partial charge in [-0.2, -0.15) is 0 Å². The number of nitrogens with one attached hydrogen (secondary N) is 1. The summed E-state index contributed by atoms with van der Waals surface area (Å²) in [5, 5.41) is 20.5. The van der Waals surface area contributed by atoms with Crippen LogP contribution in [-0.4, -0.2) is 26.4 Å². The molecule has 3 N–H and O–H groups in total. The highest BCUT2D eigenvalue weighted by Crippen LogP contribution is 2.35. The van der Waals surface area contributed by atoms with Crippen LogP contribution in [0.5, 0.6) is 0 Å². The minimum absolute atomic E-state index is 0.175. The van der Waals surface area contributed by atoms with Gasteiger partial charge in [-0.05, 0) is 42.2 Å². The topological polar surface area (TPSA) is 78.2 Å². The number of allylic oxidation sites excluding steroid dienone is 1. The van der Waals surface area contributed by atoms with Gasteiger partial charge in [0, 0.05) is 17.4 Å². The first kappa shape index (κ1) is 15.9. The van der Waals surface area contributed by atoms with E-state index < -0.39 is 0 Å². The highest BCUT2D eigenvalue weighted by molar-refractivity contribution is 5.91. The number of fused-ring (bicyclic) bond motifs is 5. The molecule has 3 aromatic rings. The van der Waals surface area contributed by atoms with Crippen molar-refractivity contribution >= 4 is 16.5 Å². The van der Waals surface area contributed by atoms with Gasteiger partial charge in [0.15, 0.2) is 0 Å². The molecule has 1 aromatic carbocycles. The van der Waals surface area contributed by atoms with Gasteiger partial charge in [0.1, 0.15) is 0 Å². The summed E-state index contributed by atoms with van der Waals surface area (Å²) in [5.41, 5.74) is 5.44. The fourth-order valence-electron chi connectivity index (χ4n) is 3.79. The van der Waals surface area contributed by atoms with Crippen LogP contribution in [0.25, 0.3) is 27.9 Å². The van der Waals surface area contributed by atoms with E-state index in [9.17, 15) is 15.0 Å². The van der Waals surface area contributed by atoms with Crippen LogP contribution < -0.4 is 5.56 Å². The van der Waals surface area contributed by atoms with Crippen molar-refractivity contribution < 1.29 is 10.2 Å². The molecule has 5 heteroatoms. The molecule has 0 atom stereocenters. The number of aromatic nitrogens is 2. The van der Waals surface area contributed by atoms with Crippen molar-refractivity contribution in [3.05, 3.63) is 63.5 Å². The zero-order valence-electron chi connectivity index (χ0n) is 14.0. The lowest BCUT2D eigenvalue weighted by Crippen LogP contribution is -2.30. The summed E-state index contributed by atoms with van der Waals surface area (Å²) < 4.78 is 1.72. The molecule has 0 fully saturated rings. The molecule has 0 unspecified atom stereocenters. The molecule has 25 heavy (non-hydrogen) atoms. The second kappa shape index (κ2) is 6.02. The minimum atomic E-state index is -0.342. The number of aliphatic hydroxyl groups excluding tert-OH is 2. The average molecular weight is 336 g/mol. The number of nitrogens with zero attached hydrogens (tertiary/aromatic N) is 1. The molecule has 0 aliphatic carbocycles. The number of hydrogen-bond donors (Lipinski definition) is 3. The number of pyridine rings is 1. The van der Waals surface area contributed by atoms with Gasteiger partial charge in [0.2, 0.25) is 0 Å². The Balaban J connectivity index is 2.05. The summed E-state index contributed by atoms with van der Waals surface area (Å²) in [7, 11) is 0. The number of aromatic amines is 1. The standard InChI is InChI=1S/C20H20N2O3/c1-2-12(10-23)15-9-18-19-14(13-5-3-4-6-17(13)21-19)7-8-22(18)20(25)16(15)11-24/h2-6,9,21,23-24H,7-8,10-11H2,1H3/b12-2-. The quantitative estimate of drug-likeness (QED) is 0.687. The Morgan fingerprint density at radius 1 is 1.32 bits per heavy atom. The van der Waals surface area contributed by atoms with Crippen molar-refractivity contribution in [3.8, 4) is 11.4 Å². The lowest BCUT2D eigenvalue weighted by molar-refractivity contribution is 0.278. The minimum Gasteiger partial charge on any atom is -0.392 e. The maximum absolute atomic E-state index is 12.9. The fraction of sp³-hybridized carbons (Fsp3) is 0.250. The molecular formula is C20H20N2O3. The Labute approximate surface area is 144 Å². The number of para-hydroxylation sites is 1. The van der Waals surface area contributed by atoms with Gasteiger partial charge in [-0.1, -0.05) is 24.3 Å². The highest BCUT2D eigenvalue weighted by atomic mass is 16.3. The van der Waals surface area contributed by atoms with Crippen LogP contribution >= 0.6 is 0 Å². The van der Waals surface area contributed by atoms with E-state index >= 15 is 0 Å². The number of rotatable bonds is 3. The third kappa shape index (κ3) is 2.27. The van der Waals surface area contributed by atoms with Gasteiger partial charge in [-0.25, -0.2) is 0 Å². The number of hydrogen-bond acceptors (Lipinski definition) is 3. The summed E-state index contributed by atoms with van der Waals surface area (Å²) in [5.74, 6) is 0. The lowest BCUT2D eigenvalue weighted by Gasteiger charge is -2.22. The van der Waals surface area contributed by atoms with Crippen LogP contribution in [0.3, 0.4) is 0 Å². The molecule has 2 aromatic heterocycles. The summed E-state index contributed by atoms with van der Waals surface area (Å²) >= 11 is 0. The van der Waals surface area contributed by atoms with E-state index in [1.807, 2.05) is 31.2 Å². The van der Waals surface area contributed by atoms with E-state index in [1.54, 1.807) is 10.6 Å². The number of aliphatic hydroxyl groups is 2. The summed E-state index contributed by atoms with van der Waals surface area (Å²) in [4.78, 5) is 16.3. The van der Waals surface area contributed by atoms with Crippen LogP contribution in [0.4, 0.5) is 0 Å². The predicted molar refractivity (Wildman–Crippen MR) is 98.4 cm³/mol. The zero-order valence-corrected chi connectivity index (χ0v) is 14.0. The maximum Gasteiger partial charge on any atom is 0.257 e. The third-order valence-electron chi connectivity index (χ3n) is 5.08. The molecule has 4 rings (SSSR count). The molecule has 0 spiro atoms. The van der Waals surface area contributed by atoms with Crippen LogP contribution in [0.2, 0.25) is 0 Å². The molecule has 1 aliphatic rings. The Bertz CT molecular complexity index is 1060. The molecule has 0 bridgehead atoms. The van der Waals surface area contributed by atoms with Gasteiger partial charge in [0.25, 0.3) is 5.56 Å². The first-order valence-electron chi connectivity index (χ1n) is 8.43. The third-order valence-corrected chi connectivity index (χ3v) is 5.08. The van der Waals surface area contributed by atoms with E-state index in [-0.39, 0.29) is 18.8 Å². The van der Waals surface area contributed by atoms with E-state index in [0.717, 1.165) is 23.3 Å². The highest BCUT2D eigenvalue weighted by Gasteiger charge is 2.24. The SMILES string of the molecule is C/C=C(/CO)c1cc2n(c(=O)c1CO)CCc1c-2[nH]c2ccccc12. The molecule has 0 saturated heterocycles. The summed E-state index contributed by atoms with van der Waals surface area (Å²) in [6.45, 7) is 1.88. The van der Waals surface area contributed by atoms with E-state index in [0.29, 0.717) is 23.2 Å². The monoisotopic (exact) mass is 336 g/mol. The van der Waals surface area contributed by atoms with Crippen molar-refractivity contribution in [1.82, 2.24) is 9.55 Å². The van der Waals surface area contributed by atoms with Crippen LogP contribution in [-0.2, 0) is 19.6 Å². The zero-order chi connectivity index (χ0) is 17.6. The van der Waals surface area contributed by atoms with Gasteiger partial charge in [0.05, 0.1) is 30.2 Å². The predicted octanol–water partition coefficient (Wildman–Crippen LogP) is 2.44. The van der Waals surface area contributed by atoms with Crippen molar-refractivity contribution in [2.45, 2.75) is 26.5 Å². The van der Waals surface area contributed by atoms with Gasteiger partial charge in [-0.15, -0.1) is 0 Å². The van der Waals surface area contributed by atoms with E-state index in [1.165, 1.54) is 10.9 Å². The van der Waals surface area contributed by atoms with Crippen molar-refractivity contribution in [2.75, 3.05) is 6.61 Å². The molecule has 5 nitrogen and oxygen atoms in total. The normalized spacial score (nSPS) is 13.8. The summed E-state index contributed by atoms with van der Waals surface area (Å²) in [6, 6.07) is 10.0. The molecular weight excluding hydrogens is 316 g/mol. The molecule has 128 valence electrons. The van der Waals surface area contributed by atoms with Crippen LogP contribution in [0, 0.1) is 0 Å². The number of benzene rings is 1. The maximum atomic E-state index is 12.9. The van der Waals surface area contributed by atoms with Gasteiger partial charge < -0.3 is 19.8 Å². The smallest absolute Gasteiger partial charge is 0.257 e. The average Bonchev–Trinajstić information content (AvgIpc) is 3.02. The fourth-order valence-corrected chi connectivity index (χ4v) is 3.79.